The number of rotatable bonds is 7. The zero-order chi connectivity index (χ0) is 15.2. The number of likely N-dealkylation sites (N-methyl/N-ethyl adjacent to an activating group) is 2. The van der Waals surface area contributed by atoms with Crippen LogP contribution in [0.25, 0.3) is 0 Å². The molecule has 1 amide bonds. The second-order valence-corrected chi connectivity index (χ2v) is 6.17. The molecular formula is C13H21N3O3S. The third kappa shape index (κ3) is 4.03. The molecule has 20 heavy (non-hydrogen) atoms. The van der Waals surface area contributed by atoms with Gasteiger partial charge in [-0.05, 0) is 24.6 Å². The number of nitrogens with zero attached hydrogens (tertiary/aromatic N) is 1. The molecule has 3 N–H and O–H groups in total. The Morgan fingerprint density at radius 3 is 2.60 bits per heavy atom. The van der Waals surface area contributed by atoms with Crippen molar-refractivity contribution in [3.63, 3.8) is 0 Å². The summed E-state index contributed by atoms with van der Waals surface area (Å²) in [6.45, 7) is 4.27. The molecule has 0 unspecified atom stereocenters. The highest BCUT2D eigenvalue weighted by Crippen LogP contribution is 2.16. The molecule has 7 heteroatoms. The van der Waals surface area contributed by atoms with Crippen LogP contribution in [-0.2, 0) is 21.4 Å². The lowest BCUT2D eigenvalue weighted by atomic mass is 10.2. The molecular weight excluding hydrogens is 278 g/mol. The topological polar surface area (TPSA) is 92.5 Å². The molecule has 0 aromatic heterocycles. The Labute approximate surface area is 120 Å². The Morgan fingerprint density at radius 2 is 2.05 bits per heavy atom. The molecule has 0 saturated carbocycles. The van der Waals surface area contributed by atoms with Crippen LogP contribution in [0.4, 0.5) is 0 Å². The molecule has 1 rings (SSSR count). The third-order valence-corrected chi connectivity index (χ3v) is 4.74. The van der Waals surface area contributed by atoms with Crippen molar-refractivity contribution < 1.29 is 13.2 Å². The van der Waals surface area contributed by atoms with Crippen LogP contribution < -0.4 is 11.1 Å². The molecule has 0 aliphatic heterocycles. The van der Waals surface area contributed by atoms with Crippen LogP contribution in [0.3, 0.4) is 0 Å². The van der Waals surface area contributed by atoms with Gasteiger partial charge in [-0.1, -0.05) is 19.1 Å². The average molecular weight is 299 g/mol. The van der Waals surface area contributed by atoms with Crippen LogP contribution in [0.15, 0.2) is 29.2 Å². The molecule has 0 saturated heterocycles. The fraction of sp³-hybridized carbons (Fsp3) is 0.462. The number of hydrogen-bond acceptors (Lipinski definition) is 4. The number of benzene rings is 1. The summed E-state index contributed by atoms with van der Waals surface area (Å²) in [5.74, 6) is -0.312. The Balaban J connectivity index is 3.02. The first-order valence-corrected chi connectivity index (χ1v) is 7.95. The molecule has 0 aliphatic rings. The van der Waals surface area contributed by atoms with Crippen LogP contribution in [0.5, 0.6) is 0 Å². The van der Waals surface area contributed by atoms with E-state index in [1.54, 1.807) is 26.0 Å². The highest BCUT2D eigenvalue weighted by atomic mass is 32.2. The van der Waals surface area contributed by atoms with E-state index in [0.29, 0.717) is 6.54 Å². The number of nitrogens with two attached hydrogens (primary N) is 1. The van der Waals surface area contributed by atoms with Crippen LogP contribution >= 0.6 is 0 Å². The Hall–Kier alpha value is -1.44. The highest BCUT2D eigenvalue weighted by Gasteiger charge is 2.25. The molecule has 0 aliphatic carbocycles. The van der Waals surface area contributed by atoms with Gasteiger partial charge in [0, 0.05) is 19.6 Å². The smallest absolute Gasteiger partial charge is 0.243 e. The molecule has 0 spiro atoms. The van der Waals surface area contributed by atoms with Crippen molar-refractivity contribution in [2.75, 3.05) is 19.6 Å². The number of sulfonamides is 1. The molecule has 0 atom stereocenters. The highest BCUT2D eigenvalue weighted by molar-refractivity contribution is 7.89. The van der Waals surface area contributed by atoms with E-state index in [-0.39, 0.29) is 30.4 Å². The van der Waals surface area contributed by atoms with E-state index in [0.717, 1.165) is 9.87 Å². The van der Waals surface area contributed by atoms with Gasteiger partial charge in [0.25, 0.3) is 0 Å². The number of carbonyl (C=O) groups excluding carboxylic acids is 1. The van der Waals surface area contributed by atoms with Gasteiger partial charge in [-0.25, -0.2) is 8.42 Å². The lowest BCUT2D eigenvalue weighted by molar-refractivity contribution is -0.121. The van der Waals surface area contributed by atoms with Crippen LogP contribution in [0, 0.1) is 0 Å². The van der Waals surface area contributed by atoms with Crippen molar-refractivity contribution >= 4 is 15.9 Å². The summed E-state index contributed by atoms with van der Waals surface area (Å²) in [6, 6.07) is 6.46. The molecule has 0 heterocycles. The quantitative estimate of drug-likeness (QED) is 0.757. The summed E-state index contributed by atoms with van der Waals surface area (Å²) in [6.07, 6.45) is 0. The number of amides is 1. The fourth-order valence-electron chi connectivity index (χ4n) is 1.76. The molecule has 1 aromatic rings. The number of carbonyl (C=O) groups is 1. The Bertz CT molecular complexity index is 558. The second kappa shape index (κ2) is 7.37. The second-order valence-electron chi connectivity index (χ2n) is 4.24. The Morgan fingerprint density at radius 1 is 1.35 bits per heavy atom. The van der Waals surface area contributed by atoms with Crippen molar-refractivity contribution in [1.82, 2.24) is 9.62 Å². The third-order valence-electron chi connectivity index (χ3n) is 2.82. The van der Waals surface area contributed by atoms with Gasteiger partial charge in [-0.2, -0.15) is 4.31 Å². The standard InChI is InChI=1S/C13H21N3O3S/c1-3-15-13(17)10-16(4-2)20(18,19)12-7-5-6-11(8-12)9-14/h5-8H,3-4,9-10,14H2,1-2H3,(H,15,17). The molecule has 6 nitrogen and oxygen atoms in total. The van der Waals surface area contributed by atoms with Crippen LogP contribution in [-0.4, -0.2) is 38.3 Å². The van der Waals surface area contributed by atoms with Gasteiger partial charge in [0.15, 0.2) is 0 Å². The maximum Gasteiger partial charge on any atom is 0.243 e. The van der Waals surface area contributed by atoms with Crippen molar-refractivity contribution in [3.8, 4) is 0 Å². The lowest BCUT2D eigenvalue weighted by Gasteiger charge is -2.20. The summed E-state index contributed by atoms with van der Waals surface area (Å²) in [7, 11) is -3.68. The SMILES string of the molecule is CCNC(=O)CN(CC)S(=O)(=O)c1cccc(CN)c1. The van der Waals surface area contributed by atoms with Gasteiger partial charge in [-0.3, -0.25) is 4.79 Å². The van der Waals surface area contributed by atoms with E-state index in [2.05, 4.69) is 5.32 Å². The van der Waals surface area contributed by atoms with Gasteiger partial charge in [0.2, 0.25) is 15.9 Å². The van der Waals surface area contributed by atoms with Crippen molar-refractivity contribution in [2.24, 2.45) is 5.73 Å². The monoisotopic (exact) mass is 299 g/mol. The number of hydrogen-bond donors (Lipinski definition) is 2. The summed E-state index contributed by atoms with van der Waals surface area (Å²) in [5, 5.41) is 2.59. The summed E-state index contributed by atoms with van der Waals surface area (Å²) in [5.41, 5.74) is 6.25. The summed E-state index contributed by atoms with van der Waals surface area (Å²) < 4.78 is 26.1. The van der Waals surface area contributed by atoms with Gasteiger partial charge in [0.05, 0.1) is 11.4 Å². The maximum atomic E-state index is 12.5. The van der Waals surface area contributed by atoms with E-state index in [4.69, 9.17) is 5.73 Å². The van der Waals surface area contributed by atoms with Crippen molar-refractivity contribution in [2.45, 2.75) is 25.3 Å². The fourth-order valence-corrected chi connectivity index (χ4v) is 3.24. The summed E-state index contributed by atoms with van der Waals surface area (Å²) >= 11 is 0. The lowest BCUT2D eigenvalue weighted by Crippen LogP contribution is -2.40. The minimum atomic E-state index is -3.68. The van der Waals surface area contributed by atoms with Gasteiger partial charge in [0.1, 0.15) is 0 Å². The zero-order valence-electron chi connectivity index (χ0n) is 11.8. The molecule has 112 valence electrons. The molecule has 0 fully saturated rings. The van der Waals surface area contributed by atoms with Gasteiger partial charge >= 0.3 is 0 Å². The van der Waals surface area contributed by atoms with Gasteiger partial charge in [-0.15, -0.1) is 0 Å². The predicted molar refractivity (Wildman–Crippen MR) is 77.4 cm³/mol. The molecule has 0 bridgehead atoms. The first-order chi connectivity index (χ1) is 9.45. The Kier molecular flexibility index (Phi) is 6.12. The first kappa shape index (κ1) is 16.6. The van der Waals surface area contributed by atoms with Gasteiger partial charge < -0.3 is 11.1 Å². The maximum absolute atomic E-state index is 12.5. The van der Waals surface area contributed by atoms with E-state index in [1.165, 1.54) is 12.1 Å². The van der Waals surface area contributed by atoms with Crippen molar-refractivity contribution in [1.29, 1.82) is 0 Å². The van der Waals surface area contributed by atoms with Crippen LogP contribution in [0.2, 0.25) is 0 Å². The molecule has 0 radical (unpaired) electrons. The zero-order valence-corrected chi connectivity index (χ0v) is 12.6. The first-order valence-electron chi connectivity index (χ1n) is 6.51. The van der Waals surface area contributed by atoms with Crippen molar-refractivity contribution in [3.05, 3.63) is 29.8 Å². The normalized spacial score (nSPS) is 11.6. The number of nitrogens with one attached hydrogen (secondary N) is 1. The minimum absolute atomic E-state index is 0.159. The average Bonchev–Trinajstić information content (AvgIpc) is 2.45. The largest absolute Gasteiger partial charge is 0.355 e. The van der Waals surface area contributed by atoms with E-state index < -0.39 is 10.0 Å². The van der Waals surface area contributed by atoms with E-state index in [1.807, 2.05) is 0 Å². The minimum Gasteiger partial charge on any atom is -0.355 e. The summed E-state index contributed by atoms with van der Waals surface area (Å²) in [4.78, 5) is 11.7. The predicted octanol–water partition coefficient (Wildman–Crippen LogP) is 0.292. The molecule has 1 aromatic carbocycles. The van der Waals surface area contributed by atoms with E-state index in [9.17, 15) is 13.2 Å². The van der Waals surface area contributed by atoms with E-state index >= 15 is 0 Å². The van der Waals surface area contributed by atoms with Crippen LogP contribution in [0.1, 0.15) is 19.4 Å².